The first-order chi connectivity index (χ1) is 10.1. The summed E-state index contributed by atoms with van der Waals surface area (Å²) in [5.74, 6) is -0.0212. The van der Waals surface area contributed by atoms with Gasteiger partial charge in [-0.15, -0.1) is 0 Å². The molecule has 6 nitrogen and oxygen atoms in total. The molecule has 6 heteroatoms. The number of hydroxylamine groups is 1. The number of hydrogen-bond donors (Lipinski definition) is 2. The van der Waals surface area contributed by atoms with Gasteiger partial charge in [0, 0.05) is 25.0 Å². The van der Waals surface area contributed by atoms with Crippen molar-refractivity contribution in [2.24, 2.45) is 5.92 Å². The van der Waals surface area contributed by atoms with Crippen LogP contribution in [0.3, 0.4) is 0 Å². The lowest BCUT2D eigenvalue weighted by atomic mass is 10.2. The molecule has 1 aromatic rings. The second kappa shape index (κ2) is 9.31. The van der Waals surface area contributed by atoms with E-state index in [0.29, 0.717) is 24.8 Å². The molecule has 0 unspecified atom stereocenters. The molecule has 0 bridgehead atoms. The summed E-state index contributed by atoms with van der Waals surface area (Å²) in [5, 5.41) is 9.11. The molecular formula is C15H25N3O3. The Kier molecular flexibility index (Phi) is 7.71. The number of carbonyl (C=O) groups is 1. The Morgan fingerprint density at radius 3 is 2.86 bits per heavy atom. The fourth-order valence-electron chi connectivity index (χ4n) is 1.83. The SMILES string of the molecule is CCCN(CCO)c1ccnc(C(=O)NOCC(C)C)c1. The van der Waals surface area contributed by atoms with E-state index in [4.69, 9.17) is 9.94 Å². The van der Waals surface area contributed by atoms with Gasteiger partial charge in [0.05, 0.1) is 13.2 Å². The number of pyridine rings is 1. The zero-order valence-electron chi connectivity index (χ0n) is 13.0. The van der Waals surface area contributed by atoms with Crippen molar-refractivity contribution in [2.75, 3.05) is 31.2 Å². The van der Waals surface area contributed by atoms with E-state index >= 15 is 0 Å². The van der Waals surface area contributed by atoms with Gasteiger partial charge in [-0.2, -0.15) is 0 Å². The number of aliphatic hydroxyl groups excluding tert-OH is 1. The summed E-state index contributed by atoms with van der Waals surface area (Å²) in [6, 6.07) is 3.54. The number of anilines is 1. The number of nitrogens with zero attached hydrogens (tertiary/aromatic N) is 2. The Morgan fingerprint density at radius 1 is 1.48 bits per heavy atom. The van der Waals surface area contributed by atoms with Crippen molar-refractivity contribution in [3.8, 4) is 0 Å². The first-order valence-corrected chi connectivity index (χ1v) is 7.32. The standard InChI is InChI=1S/C15H25N3O3/c1-4-7-18(8-9-19)13-5-6-16-14(10-13)15(20)17-21-11-12(2)3/h5-6,10,12,19H,4,7-9,11H2,1-3H3,(H,17,20). The van der Waals surface area contributed by atoms with E-state index in [1.807, 2.05) is 24.8 Å². The third-order valence-corrected chi connectivity index (χ3v) is 2.79. The molecule has 1 amide bonds. The lowest BCUT2D eigenvalue weighted by Gasteiger charge is -2.23. The van der Waals surface area contributed by atoms with Crippen LogP contribution in [0.25, 0.3) is 0 Å². The first-order valence-electron chi connectivity index (χ1n) is 7.32. The highest BCUT2D eigenvalue weighted by Crippen LogP contribution is 2.14. The Bertz CT molecular complexity index is 432. The van der Waals surface area contributed by atoms with Crippen LogP contribution in [-0.2, 0) is 4.84 Å². The maximum atomic E-state index is 12.0. The molecule has 0 spiro atoms. The van der Waals surface area contributed by atoms with Gasteiger partial charge in [0.15, 0.2) is 0 Å². The number of rotatable bonds is 9. The lowest BCUT2D eigenvalue weighted by molar-refractivity contribution is 0.0205. The molecule has 1 aromatic heterocycles. The molecule has 2 N–H and O–H groups in total. The van der Waals surface area contributed by atoms with Crippen LogP contribution in [-0.4, -0.2) is 42.3 Å². The van der Waals surface area contributed by atoms with Crippen molar-refractivity contribution in [2.45, 2.75) is 27.2 Å². The second-order valence-corrected chi connectivity index (χ2v) is 5.25. The van der Waals surface area contributed by atoms with Gasteiger partial charge < -0.3 is 10.0 Å². The van der Waals surface area contributed by atoms with E-state index in [-0.39, 0.29) is 12.5 Å². The van der Waals surface area contributed by atoms with Crippen LogP contribution >= 0.6 is 0 Å². The quantitative estimate of drug-likeness (QED) is 0.677. The number of aliphatic hydroxyl groups is 1. The molecule has 1 rings (SSSR count). The maximum Gasteiger partial charge on any atom is 0.293 e. The van der Waals surface area contributed by atoms with Crippen molar-refractivity contribution in [3.63, 3.8) is 0 Å². The van der Waals surface area contributed by atoms with Crippen molar-refractivity contribution in [3.05, 3.63) is 24.0 Å². The van der Waals surface area contributed by atoms with Crippen LogP contribution < -0.4 is 10.4 Å². The Morgan fingerprint density at radius 2 is 2.24 bits per heavy atom. The Hall–Kier alpha value is -1.66. The van der Waals surface area contributed by atoms with E-state index < -0.39 is 0 Å². The lowest BCUT2D eigenvalue weighted by Crippen LogP contribution is -2.29. The fraction of sp³-hybridized carbons (Fsp3) is 0.600. The maximum absolute atomic E-state index is 12.0. The minimum absolute atomic E-state index is 0.0708. The molecular weight excluding hydrogens is 270 g/mol. The van der Waals surface area contributed by atoms with Gasteiger partial charge in [0.2, 0.25) is 0 Å². The van der Waals surface area contributed by atoms with Crippen molar-refractivity contribution >= 4 is 11.6 Å². The van der Waals surface area contributed by atoms with Crippen molar-refractivity contribution in [1.82, 2.24) is 10.5 Å². The molecule has 118 valence electrons. The van der Waals surface area contributed by atoms with Crippen LogP contribution in [0.5, 0.6) is 0 Å². The van der Waals surface area contributed by atoms with Crippen molar-refractivity contribution in [1.29, 1.82) is 0 Å². The molecule has 1 heterocycles. The van der Waals surface area contributed by atoms with E-state index in [1.54, 1.807) is 12.3 Å². The molecule has 0 aromatic carbocycles. The summed E-state index contributed by atoms with van der Waals surface area (Å²) in [5.41, 5.74) is 3.56. The second-order valence-electron chi connectivity index (χ2n) is 5.25. The van der Waals surface area contributed by atoms with Gasteiger partial charge >= 0.3 is 0 Å². The van der Waals surface area contributed by atoms with Crippen LogP contribution in [0.15, 0.2) is 18.3 Å². The van der Waals surface area contributed by atoms with Gasteiger partial charge in [-0.3, -0.25) is 14.6 Å². The van der Waals surface area contributed by atoms with E-state index in [2.05, 4.69) is 17.4 Å². The predicted octanol–water partition coefficient (Wildman–Crippen LogP) is 1.61. The van der Waals surface area contributed by atoms with Crippen molar-refractivity contribution < 1.29 is 14.7 Å². The van der Waals surface area contributed by atoms with E-state index in [0.717, 1.165) is 18.7 Å². The normalized spacial score (nSPS) is 10.7. The van der Waals surface area contributed by atoms with Crippen LogP contribution in [0.1, 0.15) is 37.7 Å². The molecule has 21 heavy (non-hydrogen) atoms. The van der Waals surface area contributed by atoms with Gasteiger partial charge in [-0.25, -0.2) is 5.48 Å². The number of carbonyl (C=O) groups excluding carboxylic acids is 1. The summed E-state index contributed by atoms with van der Waals surface area (Å²) in [6.45, 7) is 7.95. The average molecular weight is 295 g/mol. The summed E-state index contributed by atoms with van der Waals surface area (Å²) in [7, 11) is 0. The highest BCUT2D eigenvalue weighted by atomic mass is 16.6. The van der Waals surface area contributed by atoms with Crippen LogP contribution in [0.2, 0.25) is 0 Å². The Labute approximate surface area is 126 Å². The monoisotopic (exact) mass is 295 g/mol. The topological polar surface area (TPSA) is 74.7 Å². The summed E-state index contributed by atoms with van der Waals surface area (Å²) >= 11 is 0. The number of amides is 1. The van der Waals surface area contributed by atoms with Gasteiger partial charge in [0.1, 0.15) is 5.69 Å². The summed E-state index contributed by atoms with van der Waals surface area (Å²) in [4.78, 5) is 23.1. The number of nitrogens with one attached hydrogen (secondary N) is 1. The average Bonchev–Trinajstić information content (AvgIpc) is 2.46. The van der Waals surface area contributed by atoms with Crippen LogP contribution in [0, 0.1) is 5.92 Å². The Balaban J connectivity index is 2.71. The summed E-state index contributed by atoms with van der Waals surface area (Å²) in [6.07, 6.45) is 2.55. The zero-order valence-corrected chi connectivity index (χ0v) is 13.0. The third kappa shape index (κ3) is 6.10. The van der Waals surface area contributed by atoms with Gasteiger partial charge in [-0.05, 0) is 24.5 Å². The molecule has 0 saturated heterocycles. The molecule has 0 aliphatic carbocycles. The zero-order chi connectivity index (χ0) is 15.7. The number of aromatic nitrogens is 1. The largest absolute Gasteiger partial charge is 0.395 e. The van der Waals surface area contributed by atoms with Gasteiger partial charge in [0.25, 0.3) is 5.91 Å². The molecule has 0 aliphatic heterocycles. The smallest absolute Gasteiger partial charge is 0.293 e. The number of hydrogen-bond acceptors (Lipinski definition) is 5. The van der Waals surface area contributed by atoms with E-state index in [1.165, 1.54) is 0 Å². The predicted molar refractivity (Wildman–Crippen MR) is 82.1 cm³/mol. The van der Waals surface area contributed by atoms with Crippen LogP contribution in [0.4, 0.5) is 5.69 Å². The minimum atomic E-state index is -0.363. The summed E-state index contributed by atoms with van der Waals surface area (Å²) < 4.78 is 0. The van der Waals surface area contributed by atoms with Gasteiger partial charge in [-0.1, -0.05) is 20.8 Å². The molecule has 0 fully saturated rings. The molecule has 0 atom stereocenters. The third-order valence-electron chi connectivity index (χ3n) is 2.79. The highest BCUT2D eigenvalue weighted by molar-refractivity contribution is 5.92. The molecule has 0 radical (unpaired) electrons. The molecule has 0 saturated carbocycles. The molecule has 0 aliphatic rings. The minimum Gasteiger partial charge on any atom is -0.395 e. The van der Waals surface area contributed by atoms with E-state index in [9.17, 15) is 4.79 Å². The fourth-order valence-corrected chi connectivity index (χ4v) is 1.83. The highest BCUT2D eigenvalue weighted by Gasteiger charge is 2.11. The first kappa shape index (κ1) is 17.4.